The number of rotatable bonds is 3. The van der Waals surface area contributed by atoms with Gasteiger partial charge in [-0.25, -0.2) is 9.18 Å². The van der Waals surface area contributed by atoms with Gasteiger partial charge in [-0.2, -0.15) is 0 Å². The summed E-state index contributed by atoms with van der Waals surface area (Å²) in [7, 11) is 0. The molecule has 0 saturated heterocycles. The summed E-state index contributed by atoms with van der Waals surface area (Å²) in [4.78, 5) is 22.6. The molecule has 0 aliphatic heterocycles. The van der Waals surface area contributed by atoms with Crippen LogP contribution in [0, 0.1) is 0 Å². The summed E-state index contributed by atoms with van der Waals surface area (Å²) in [6.45, 7) is 2.40. The van der Waals surface area contributed by atoms with E-state index in [1.165, 1.54) is 13.8 Å². The van der Waals surface area contributed by atoms with Crippen molar-refractivity contribution < 1.29 is 19.1 Å². The van der Waals surface area contributed by atoms with Gasteiger partial charge in [0.05, 0.1) is 11.6 Å². The molecule has 0 spiro atoms. The maximum Gasteiger partial charge on any atom is 0.335 e. The smallest absolute Gasteiger partial charge is 0.335 e. The van der Waals surface area contributed by atoms with Gasteiger partial charge in [-0.3, -0.25) is 4.79 Å². The van der Waals surface area contributed by atoms with Crippen LogP contribution in [0.15, 0.2) is 18.2 Å². The number of carboxylic acids is 1. The standard InChI is InChI=1S/C14H16FNO3/c1-14(2,15)13(19)16-11-6-5-8-3-4-9(12(17)18)7-10(8)11/h3-4,7,11H,5-6H2,1-2H3,(H,16,19)(H,17,18)/t11-/m1/s1. The summed E-state index contributed by atoms with van der Waals surface area (Å²) in [6.07, 6.45) is 1.42. The highest BCUT2D eigenvalue weighted by atomic mass is 19.1. The van der Waals surface area contributed by atoms with Gasteiger partial charge in [0.15, 0.2) is 5.67 Å². The second kappa shape index (κ2) is 4.64. The lowest BCUT2D eigenvalue weighted by molar-refractivity contribution is -0.131. The monoisotopic (exact) mass is 265 g/mol. The largest absolute Gasteiger partial charge is 0.478 e. The molecular weight excluding hydrogens is 249 g/mol. The molecule has 102 valence electrons. The molecule has 2 N–H and O–H groups in total. The number of carbonyl (C=O) groups excluding carboxylic acids is 1. The van der Waals surface area contributed by atoms with Crippen molar-refractivity contribution in [3.05, 3.63) is 34.9 Å². The first-order valence-electron chi connectivity index (χ1n) is 6.15. The van der Waals surface area contributed by atoms with Crippen molar-refractivity contribution >= 4 is 11.9 Å². The lowest BCUT2D eigenvalue weighted by Gasteiger charge is -2.19. The molecule has 0 radical (unpaired) electrons. The molecule has 5 heteroatoms. The predicted molar refractivity (Wildman–Crippen MR) is 67.8 cm³/mol. The maximum atomic E-state index is 13.5. The first-order chi connectivity index (χ1) is 8.79. The van der Waals surface area contributed by atoms with Gasteiger partial charge < -0.3 is 10.4 Å². The Bertz CT molecular complexity index is 534. The SMILES string of the molecule is CC(C)(F)C(=O)N[C@@H]1CCc2ccc(C(=O)O)cc21. The zero-order chi connectivity index (χ0) is 14.2. The van der Waals surface area contributed by atoms with Gasteiger partial charge in [0.2, 0.25) is 0 Å². The Hall–Kier alpha value is -1.91. The van der Waals surface area contributed by atoms with Crippen LogP contribution in [0.3, 0.4) is 0 Å². The van der Waals surface area contributed by atoms with E-state index in [1.54, 1.807) is 18.2 Å². The predicted octanol–water partition coefficient (Wildman–Crippen LogP) is 2.24. The van der Waals surface area contributed by atoms with Crippen LogP contribution in [-0.2, 0) is 11.2 Å². The highest BCUT2D eigenvalue weighted by Gasteiger charge is 2.31. The van der Waals surface area contributed by atoms with Gasteiger partial charge in [-0.15, -0.1) is 0 Å². The molecule has 19 heavy (non-hydrogen) atoms. The first-order valence-corrected chi connectivity index (χ1v) is 6.15. The van der Waals surface area contributed by atoms with E-state index < -0.39 is 17.5 Å². The van der Waals surface area contributed by atoms with E-state index in [0.29, 0.717) is 6.42 Å². The number of alkyl halides is 1. The highest BCUT2D eigenvalue weighted by Crippen LogP contribution is 2.32. The van der Waals surface area contributed by atoms with E-state index in [1.807, 2.05) is 0 Å². The zero-order valence-corrected chi connectivity index (χ0v) is 10.9. The molecule has 1 amide bonds. The van der Waals surface area contributed by atoms with Crippen LogP contribution < -0.4 is 5.32 Å². The minimum absolute atomic E-state index is 0.180. The van der Waals surface area contributed by atoms with E-state index in [9.17, 15) is 14.0 Å². The van der Waals surface area contributed by atoms with Crippen molar-refractivity contribution in [1.29, 1.82) is 0 Å². The lowest BCUT2D eigenvalue weighted by Crippen LogP contribution is -2.40. The fraction of sp³-hybridized carbons (Fsp3) is 0.429. The van der Waals surface area contributed by atoms with Crippen LogP contribution in [0.25, 0.3) is 0 Å². The third-order valence-electron chi connectivity index (χ3n) is 3.32. The lowest BCUT2D eigenvalue weighted by atomic mass is 10.0. The topological polar surface area (TPSA) is 66.4 Å². The molecule has 0 heterocycles. The summed E-state index contributed by atoms with van der Waals surface area (Å²) in [6, 6.07) is 4.55. The average molecular weight is 265 g/mol. The van der Waals surface area contributed by atoms with E-state index >= 15 is 0 Å². The van der Waals surface area contributed by atoms with Gasteiger partial charge in [0, 0.05) is 0 Å². The molecule has 4 nitrogen and oxygen atoms in total. The number of carbonyl (C=O) groups is 2. The number of hydrogen-bond donors (Lipinski definition) is 2. The fourth-order valence-electron chi connectivity index (χ4n) is 2.22. The maximum absolute atomic E-state index is 13.5. The minimum Gasteiger partial charge on any atom is -0.478 e. The summed E-state index contributed by atoms with van der Waals surface area (Å²) in [5, 5.41) is 11.6. The molecule has 0 unspecified atom stereocenters. The molecule has 0 bridgehead atoms. The second-order valence-electron chi connectivity index (χ2n) is 5.26. The van der Waals surface area contributed by atoms with Crippen molar-refractivity contribution in [3.8, 4) is 0 Å². The van der Waals surface area contributed by atoms with Crippen LogP contribution in [0.5, 0.6) is 0 Å². The quantitative estimate of drug-likeness (QED) is 0.880. The molecule has 1 aliphatic carbocycles. The summed E-state index contributed by atoms with van der Waals surface area (Å²) < 4.78 is 13.5. The first kappa shape index (κ1) is 13.5. The number of halogens is 1. The van der Waals surface area contributed by atoms with Crippen LogP contribution in [-0.4, -0.2) is 22.7 Å². The Kier molecular flexibility index (Phi) is 3.30. The van der Waals surface area contributed by atoms with Crippen LogP contribution in [0.4, 0.5) is 4.39 Å². The molecule has 1 aromatic rings. The van der Waals surface area contributed by atoms with Crippen molar-refractivity contribution in [2.75, 3.05) is 0 Å². The number of aryl methyl sites for hydroxylation is 1. The second-order valence-corrected chi connectivity index (χ2v) is 5.26. The summed E-state index contributed by atoms with van der Waals surface area (Å²) in [5.74, 6) is -1.68. The van der Waals surface area contributed by atoms with Gasteiger partial charge in [-0.1, -0.05) is 6.07 Å². The number of nitrogens with one attached hydrogen (secondary N) is 1. The molecule has 0 aromatic heterocycles. The van der Waals surface area contributed by atoms with Crippen molar-refractivity contribution in [1.82, 2.24) is 5.32 Å². The molecule has 0 fully saturated rings. The average Bonchev–Trinajstić information content (AvgIpc) is 2.70. The number of aromatic carboxylic acids is 1. The van der Waals surface area contributed by atoms with Gasteiger partial charge in [0.25, 0.3) is 5.91 Å². The van der Waals surface area contributed by atoms with Gasteiger partial charge >= 0.3 is 5.97 Å². The normalized spacial score (nSPS) is 17.9. The van der Waals surface area contributed by atoms with E-state index in [0.717, 1.165) is 17.5 Å². The number of hydrogen-bond acceptors (Lipinski definition) is 2. The van der Waals surface area contributed by atoms with Gasteiger partial charge in [0.1, 0.15) is 0 Å². The molecule has 1 aromatic carbocycles. The van der Waals surface area contributed by atoms with Crippen molar-refractivity contribution in [2.45, 2.75) is 38.4 Å². The van der Waals surface area contributed by atoms with Crippen LogP contribution in [0.1, 0.15) is 47.8 Å². The number of fused-ring (bicyclic) bond motifs is 1. The Morgan fingerprint density at radius 1 is 1.42 bits per heavy atom. The fourth-order valence-corrected chi connectivity index (χ4v) is 2.22. The van der Waals surface area contributed by atoms with Crippen molar-refractivity contribution in [2.24, 2.45) is 0 Å². The Morgan fingerprint density at radius 3 is 2.68 bits per heavy atom. The number of carboxylic acid groups (broad SMARTS) is 1. The third-order valence-corrected chi connectivity index (χ3v) is 3.32. The minimum atomic E-state index is -1.94. The third kappa shape index (κ3) is 2.75. The molecular formula is C14H16FNO3. The van der Waals surface area contributed by atoms with Gasteiger partial charge in [-0.05, 0) is 49.9 Å². The summed E-state index contributed by atoms with van der Waals surface area (Å²) in [5.41, 5.74) is 0.0246. The molecule has 1 atom stereocenters. The summed E-state index contributed by atoms with van der Waals surface area (Å²) >= 11 is 0. The Balaban J connectivity index is 2.23. The van der Waals surface area contributed by atoms with Crippen LogP contribution in [0.2, 0.25) is 0 Å². The number of amides is 1. The number of benzene rings is 1. The molecule has 2 rings (SSSR count). The van der Waals surface area contributed by atoms with Crippen LogP contribution >= 0.6 is 0 Å². The van der Waals surface area contributed by atoms with E-state index in [-0.39, 0.29) is 11.6 Å². The molecule has 1 aliphatic rings. The Morgan fingerprint density at radius 2 is 2.11 bits per heavy atom. The van der Waals surface area contributed by atoms with E-state index in [2.05, 4.69) is 5.32 Å². The highest BCUT2D eigenvalue weighted by molar-refractivity contribution is 5.88. The zero-order valence-electron chi connectivity index (χ0n) is 10.9. The van der Waals surface area contributed by atoms with E-state index in [4.69, 9.17) is 5.11 Å². The Labute approximate surface area is 110 Å². The van der Waals surface area contributed by atoms with Crippen molar-refractivity contribution in [3.63, 3.8) is 0 Å². The molecule has 0 saturated carbocycles.